The van der Waals surface area contributed by atoms with E-state index in [1.165, 1.54) is 31.9 Å². The summed E-state index contributed by atoms with van der Waals surface area (Å²) in [5.74, 6) is 1.78. The molecule has 2 nitrogen and oxygen atoms in total. The van der Waals surface area contributed by atoms with Crippen LogP contribution in [0.4, 0.5) is 0 Å². The van der Waals surface area contributed by atoms with Gasteiger partial charge in [0.25, 0.3) is 0 Å². The second-order valence-electron chi connectivity index (χ2n) is 5.24. The molecule has 1 aromatic carbocycles. The van der Waals surface area contributed by atoms with Crippen molar-refractivity contribution in [2.24, 2.45) is 17.8 Å². The van der Waals surface area contributed by atoms with Crippen molar-refractivity contribution in [3.63, 3.8) is 0 Å². The lowest BCUT2D eigenvalue weighted by Crippen LogP contribution is -2.46. The van der Waals surface area contributed by atoms with Gasteiger partial charge in [-0.25, -0.2) is 0 Å². The molecule has 0 unspecified atom stereocenters. The van der Waals surface area contributed by atoms with Crippen molar-refractivity contribution in [1.29, 1.82) is 0 Å². The smallest absolute Gasteiger partial charge is 0.309 e. The third-order valence-electron chi connectivity index (χ3n) is 4.59. The van der Waals surface area contributed by atoms with Crippen molar-refractivity contribution in [1.82, 2.24) is 0 Å². The summed E-state index contributed by atoms with van der Waals surface area (Å²) in [6.45, 7) is 0. The predicted octanol–water partition coefficient (Wildman–Crippen LogP) is 2.99. The van der Waals surface area contributed by atoms with E-state index in [2.05, 4.69) is 24.3 Å². The molecular formula is C15H18O2. The summed E-state index contributed by atoms with van der Waals surface area (Å²) in [6, 6.07) is 10.4. The van der Waals surface area contributed by atoms with Crippen LogP contribution in [0.1, 0.15) is 30.7 Å². The molecule has 0 saturated heterocycles. The molecule has 2 heteroatoms. The Morgan fingerprint density at radius 1 is 1.18 bits per heavy atom. The molecule has 0 aromatic heterocycles. The quantitative estimate of drug-likeness (QED) is 0.730. The number of rotatable bonds is 2. The highest BCUT2D eigenvalue weighted by Crippen LogP contribution is 2.60. The van der Waals surface area contributed by atoms with Crippen LogP contribution in [0.15, 0.2) is 30.3 Å². The second kappa shape index (κ2) is 4.17. The number of benzene rings is 1. The van der Waals surface area contributed by atoms with Gasteiger partial charge in [0.1, 0.15) is 0 Å². The van der Waals surface area contributed by atoms with Gasteiger partial charge in [-0.05, 0) is 30.2 Å². The Kier molecular flexibility index (Phi) is 2.65. The molecule has 3 rings (SSSR count). The van der Waals surface area contributed by atoms with E-state index in [0.717, 1.165) is 0 Å². The highest BCUT2D eigenvalue weighted by Gasteiger charge is 2.56. The average Bonchev–Trinajstić information content (AvgIpc) is 2.74. The fourth-order valence-electron chi connectivity index (χ4n) is 3.88. The molecule has 0 bridgehead atoms. The van der Waals surface area contributed by atoms with Crippen LogP contribution in [0.3, 0.4) is 0 Å². The number of fused-ring (bicyclic) bond motifs is 1. The van der Waals surface area contributed by atoms with Crippen molar-refractivity contribution < 1.29 is 9.53 Å². The predicted molar refractivity (Wildman–Crippen MR) is 65.5 cm³/mol. The molecular weight excluding hydrogens is 212 g/mol. The van der Waals surface area contributed by atoms with E-state index in [4.69, 9.17) is 4.74 Å². The average molecular weight is 230 g/mol. The summed E-state index contributed by atoms with van der Waals surface area (Å²) < 4.78 is 4.98. The van der Waals surface area contributed by atoms with Gasteiger partial charge >= 0.3 is 5.97 Å². The first-order chi connectivity index (χ1) is 8.33. The van der Waals surface area contributed by atoms with Crippen molar-refractivity contribution in [2.45, 2.75) is 25.2 Å². The van der Waals surface area contributed by atoms with Crippen LogP contribution < -0.4 is 0 Å². The molecule has 4 atom stereocenters. The molecule has 0 amide bonds. The Hall–Kier alpha value is -1.31. The van der Waals surface area contributed by atoms with Gasteiger partial charge in [-0.3, -0.25) is 4.79 Å². The van der Waals surface area contributed by atoms with Crippen LogP contribution in [0.25, 0.3) is 0 Å². The Morgan fingerprint density at radius 2 is 1.88 bits per heavy atom. The number of hydrogen-bond acceptors (Lipinski definition) is 2. The first-order valence-corrected chi connectivity index (χ1v) is 6.45. The first-order valence-electron chi connectivity index (χ1n) is 6.45. The minimum absolute atomic E-state index is 0.0120. The lowest BCUT2D eigenvalue weighted by atomic mass is 9.56. The zero-order valence-corrected chi connectivity index (χ0v) is 10.1. The Morgan fingerprint density at radius 3 is 2.59 bits per heavy atom. The molecule has 1 aromatic rings. The fraction of sp³-hybridized carbons (Fsp3) is 0.533. The zero-order valence-electron chi connectivity index (χ0n) is 10.1. The first kappa shape index (κ1) is 10.8. The maximum absolute atomic E-state index is 11.9. The van der Waals surface area contributed by atoms with E-state index in [-0.39, 0.29) is 11.9 Å². The van der Waals surface area contributed by atoms with Gasteiger partial charge in [-0.15, -0.1) is 0 Å². The van der Waals surface area contributed by atoms with Gasteiger partial charge in [0, 0.05) is 5.92 Å². The molecule has 0 radical (unpaired) electrons. The number of methoxy groups -OCH3 is 1. The minimum Gasteiger partial charge on any atom is -0.469 e. The summed E-state index contributed by atoms with van der Waals surface area (Å²) in [6.07, 6.45) is 3.75. The van der Waals surface area contributed by atoms with E-state index in [1.807, 2.05) is 6.07 Å². The summed E-state index contributed by atoms with van der Waals surface area (Å²) >= 11 is 0. The number of carbonyl (C=O) groups excluding carboxylic acids is 1. The topological polar surface area (TPSA) is 26.3 Å². The second-order valence-corrected chi connectivity index (χ2v) is 5.24. The Bertz CT molecular complexity index is 412. The largest absolute Gasteiger partial charge is 0.469 e. The molecule has 0 heterocycles. The SMILES string of the molecule is COC(=O)[C@H]1[C@@H]2CCC[C@@H]2[C@H]1c1ccccc1. The van der Waals surface area contributed by atoms with E-state index in [9.17, 15) is 4.79 Å². The lowest BCUT2D eigenvalue weighted by Gasteiger charge is -2.47. The summed E-state index contributed by atoms with van der Waals surface area (Å²) in [4.78, 5) is 11.9. The van der Waals surface area contributed by atoms with Gasteiger partial charge in [0.05, 0.1) is 13.0 Å². The molecule has 2 aliphatic rings. The van der Waals surface area contributed by atoms with E-state index >= 15 is 0 Å². The monoisotopic (exact) mass is 230 g/mol. The van der Waals surface area contributed by atoms with Crippen LogP contribution in [0.2, 0.25) is 0 Å². The molecule has 90 valence electrons. The van der Waals surface area contributed by atoms with Crippen LogP contribution in [0, 0.1) is 17.8 Å². The number of esters is 1. The third kappa shape index (κ3) is 1.58. The van der Waals surface area contributed by atoms with Crippen molar-refractivity contribution in [2.75, 3.05) is 7.11 Å². The van der Waals surface area contributed by atoms with E-state index < -0.39 is 0 Å². The van der Waals surface area contributed by atoms with Gasteiger partial charge in [0.15, 0.2) is 0 Å². The van der Waals surface area contributed by atoms with Crippen molar-refractivity contribution >= 4 is 5.97 Å². The number of carbonyl (C=O) groups is 1. The molecule has 0 N–H and O–H groups in total. The fourth-order valence-corrected chi connectivity index (χ4v) is 3.88. The van der Waals surface area contributed by atoms with Gasteiger partial charge in [0.2, 0.25) is 0 Å². The van der Waals surface area contributed by atoms with Crippen molar-refractivity contribution in [3.05, 3.63) is 35.9 Å². The highest BCUT2D eigenvalue weighted by molar-refractivity contribution is 5.76. The minimum atomic E-state index is -0.0120. The Balaban J connectivity index is 1.89. The standard InChI is InChI=1S/C15H18O2/c1-17-15(16)14-12-9-5-8-11(12)13(14)10-6-3-2-4-7-10/h2-4,6-7,11-14H,5,8-9H2,1H3/t11-,12+,13+,14-/m0/s1. The zero-order chi connectivity index (χ0) is 11.8. The van der Waals surface area contributed by atoms with Crippen LogP contribution in [-0.2, 0) is 9.53 Å². The molecule has 0 spiro atoms. The summed E-state index contributed by atoms with van der Waals surface area (Å²) in [7, 11) is 1.51. The van der Waals surface area contributed by atoms with E-state index in [1.54, 1.807) is 0 Å². The van der Waals surface area contributed by atoms with E-state index in [0.29, 0.717) is 17.8 Å². The van der Waals surface area contributed by atoms with Crippen LogP contribution in [-0.4, -0.2) is 13.1 Å². The molecule has 2 saturated carbocycles. The Labute approximate surface area is 102 Å². The van der Waals surface area contributed by atoms with Gasteiger partial charge < -0.3 is 4.74 Å². The maximum atomic E-state index is 11.9. The number of hydrogen-bond donors (Lipinski definition) is 0. The summed E-state index contributed by atoms with van der Waals surface area (Å²) in [5, 5.41) is 0. The maximum Gasteiger partial charge on any atom is 0.309 e. The van der Waals surface area contributed by atoms with Crippen molar-refractivity contribution in [3.8, 4) is 0 Å². The summed E-state index contributed by atoms with van der Waals surface area (Å²) in [5.41, 5.74) is 1.31. The number of ether oxygens (including phenoxy) is 1. The molecule has 17 heavy (non-hydrogen) atoms. The van der Waals surface area contributed by atoms with Crippen LogP contribution in [0.5, 0.6) is 0 Å². The third-order valence-corrected chi connectivity index (χ3v) is 4.59. The lowest BCUT2D eigenvalue weighted by molar-refractivity contribution is -0.156. The van der Waals surface area contributed by atoms with Crippen LogP contribution >= 0.6 is 0 Å². The van der Waals surface area contributed by atoms with Gasteiger partial charge in [-0.2, -0.15) is 0 Å². The molecule has 2 aliphatic carbocycles. The highest BCUT2D eigenvalue weighted by atomic mass is 16.5. The molecule has 0 aliphatic heterocycles. The van der Waals surface area contributed by atoms with Gasteiger partial charge in [-0.1, -0.05) is 36.8 Å². The normalized spacial score (nSPS) is 34.9. The molecule has 2 fully saturated rings.